The highest BCUT2D eigenvalue weighted by Gasteiger charge is 2.12. The Morgan fingerprint density at radius 2 is 1.92 bits per heavy atom. The van der Waals surface area contributed by atoms with Gasteiger partial charge in [0, 0.05) is 17.9 Å². The third kappa shape index (κ3) is 3.43. The van der Waals surface area contributed by atoms with Crippen LogP contribution in [0.15, 0.2) is 47.6 Å². The Balaban J connectivity index is 1.79. The van der Waals surface area contributed by atoms with Gasteiger partial charge in [-0.15, -0.1) is 5.10 Å². The van der Waals surface area contributed by atoms with Crippen LogP contribution >= 0.6 is 11.8 Å². The zero-order valence-corrected chi connectivity index (χ0v) is 14.0. The largest absolute Gasteiger partial charge is 0.269 e. The summed E-state index contributed by atoms with van der Waals surface area (Å²) in [5, 5.41) is 23.3. The van der Waals surface area contributed by atoms with E-state index >= 15 is 0 Å². The number of aromatic nitrogens is 4. The predicted octanol–water partition coefficient (Wildman–Crippen LogP) is 3.48. The van der Waals surface area contributed by atoms with Crippen LogP contribution in [0.5, 0.6) is 0 Å². The zero-order chi connectivity index (χ0) is 17.1. The molecule has 2 aromatic carbocycles. The quantitative estimate of drug-likeness (QED) is 0.401. The number of nitrogens with zero attached hydrogens (tertiary/aromatic N) is 5. The van der Waals surface area contributed by atoms with E-state index in [1.165, 1.54) is 23.9 Å². The van der Waals surface area contributed by atoms with Crippen molar-refractivity contribution in [1.29, 1.82) is 0 Å². The van der Waals surface area contributed by atoms with Gasteiger partial charge in [-0.05, 0) is 47.0 Å². The van der Waals surface area contributed by atoms with Gasteiger partial charge in [-0.25, -0.2) is 0 Å². The second-order valence-electron chi connectivity index (χ2n) is 5.38. The molecular formula is C16H15N5O2S. The monoisotopic (exact) mass is 341 g/mol. The van der Waals surface area contributed by atoms with Crippen molar-refractivity contribution in [3.05, 3.63) is 69.3 Å². The average Bonchev–Trinajstić information content (AvgIpc) is 3.04. The molecule has 0 saturated carbocycles. The maximum atomic E-state index is 10.7. The number of aryl methyl sites for hydroxylation is 2. The standard InChI is InChI=1S/C16H15N5O2S/c1-11-3-4-12(2)15(9-11)20-16(17-18-19-20)24-10-13-5-7-14(8-6-13)21(22)23/h3-9H,10H2,1-2H3. The lowest BCUT2D eigenvalue weighted by molar-refractivity contribution is -0.384. The lowest BCUT2D eigenvalue weighted by Crippen LogP contribution is -2.02. The summed E-state index contributed by atoms with van der Waals surface area (Å²) >= 11 is 1.49. The summed E-state index contributed by atoms with van der Waals surface area (Å²) in [6.07, 6.45) is 0. The van der Waals surface area contributed by atoms with E-state index in [9.17, 15) is 10.1 Å². The smallest absolute Gasteiger partial charge is 0.258 e. The van der Waals surface area contributed by atoms with Crippen LogP contribution in [0, 0.1) is 24.0 Å². The van der Waals surface area contributed by atoms with Crippen molar-refractivity contribution >= 4 is 17.4 Å². The van der Waals surface area contributed by atoms with Crippen molar-refractivity contribution in [3.63, 3.8) is 0 Å². The van der Waals surface area contributed by atoms with Gasteiger partial charge in [0.2, 0.25) is 5.16 Å². The lowest BCUT2D eigenvalue weighted by atomic mass is 10.1. The molecule has 3 aromatic rings. The maximum Gasteiger partial charge on any atom is 0.269 e. The molecule has 0 N–H and O–H groups in total. The molecule has 0 aliphatic carbocycles. The molecule has 122 valence electrons. The Hall–Kier alpha value is -2.74. The first-order chi connectivity index (χ1) is 11.5. The Bertz CT molecular complexity index is 876. The van der Waals surface area contributed by atoms with Gasteiger partial charge in [0.25, 0.3) is 5.69 Å². The Labute approximate surface area is 142 Å². The normalized spacial score (nSPS) is 10.8. The van der Waals surface area contributed by atoms with Crippen molar-refractivity contribution in [1.82, 2.24) is 20.2 Å². The molecule has 0 saturated heterocycles. The van der Waals surface area contributed by atoms with Gasteiger partial charge in [-0.1, -0.05) is 36.0 Å². The van der Waals surface area contributed by atoms with Crippen LogP contribution in [0.1, 0.15) is 16.7 Å². The van der Waals surface area contributed by atoms with Crippen LogP contribution in [0.3, 0.4) is 0 Å². The number of rotatable bonds is 5. The molecule has 0 unspecified atom stereocenters. The third-order valence-electron chi connectivity index (χ3n) is 3.55. The molecule has 0 amide bonds. The molecule has 0 fully saturated rings. The lowest BCUT2D eigenvalue weighted by Gasteiger charge is -2.08. The number of nitro groups is 1. The number of thioether (sulfide) groups is 1. The SMILES string of the molecule is Cc1ccc(C)c(-n2nnnc2SCc2ccc([N+](=O)[O-])cc2)c1. The summed E-state index contributed by atoms with van der Waals surface area (Å²) in [6, 6.07) is 12.6. The molecule has 0 bridgehead atoms. The third-order valence-corrected chi connectivity index (χ3v) is 4.54. The van der Waals surface area contributed by atoms with Gasteiger partial charge < -0.3 is 0 Å². The minimum absolute atomic E-state index is 0.0870. The fourth-order valence-corrected chi connectivity index (χ4v) is 3.07. The van der Waals surface area contributed by atoms with E-state index in [1.54, 1.807) is 16.8 Å². The first kappa shape index (κ1) is 16.1. The predicted molar refractivity (Wildman–Crippen MR) is 91.3 cm³/mol. The fourth-order valence-electron chi connectivity index (χ4n) is 2.23. The van der Waals surface area contributed by atoms with E-state index in [1.807, 2.05) is 32.0 Å². The number of nitro benzene ring substituents is 1. The van der Waals surface area contributed by atoms with Crippen molar-refractivity contribution in [2.24, 2.45) is 0 Å². The summed E-state index contributed by atoms with van der Waals surface area (Å²) in [4.78, 5) is 10.3. The highest BCUT2D eigenvalue weighted by molar-refractivity contribution is 7.98. The van der Waals surface area contributed by atoms with E-state index in [0.29, 0.717) is 10.9 Å². The summed E-state index contributed by atoms with van der Waals surface area (Å²) < 4.78 is 1.72. The molecule has 7 nitrogen and oxygen atoms in total. The Morgan fingerprint density at radius 3 is 2.62 bits per heavy atom. The second-order valence-corrected chi connectivity index (χ2v) is 6.32. The van der Waals surface area contributed by atoms with Gasteiger partial charge in [0.15, 0.2) is 0 Å². The first-order valence-corrected chi connectivity index (χ1v) is 8.25. The topological polar surface area (TPSA) is 86.7 Å². The summed E-state index contributed by atoms with van der Waals surface area (Å²) in [5.41, 5.74) is 4.23. The molecule has 0 aliphatic heterocycles. The van der Waals surface area contributed by atoms with Crippen molar-refractivity contribution in [3.8, 4) is 5.69 Å². The minimum atomic E-state index is -0.405. The number of tetrazole rings is 1. The molecular weight excluding hydrogens is 326 g/mol. The van der Waals surface area contributed by atoms with E-state index in [2.05, 4.69) is 15.5 Å². The van der Waals surface area contributed by atoms with Gasteiger partial charge in [-0.3, -0.25) is 10.1 Å². The van der Waals surface area contributed by atoms with E-state index in [-0.39, 0.29) is 5.69 Å². The van der Waals surface area contributed by atoms with E-state index in [0.717, 1.165) is 22.4 Å². The highest BCUT2D eigenvalue weighted by atomic mass is 32.2. The molecule has 3 rings (SSSR count). The molecule has 1 aromatic heterocycles. The molecule has 0 aliphatic rings. The van der Waals surface area contributed by atoms with Crippen LogP contribution in [-0.2, 0) is 5.75 Å². The van der Waals surface area contributed by atoms with Gasteiger partial charge >= 0.3 is 0 Å². The van der Waals surface area contributed by atoms with E-state index in [4.69, 9.17) is 0 Å². The Kier molecular flexibility index (Phi) is 4.57. The number of hydrogen-bond acceptors (Lipinski definition) is 6. The van der Waals surface area contributed by atoms with Gasteiger partial charge in [-0.2, -0.15) is 4.68 Å². The average molecular weight is 341 g/mol. The molecule has 8 heteroatoms. The van der Waals surface area contributed by atoms with Crippen molar-refractivity contribution in [2.75, 3.05) is 0 Å². The van der Waals surface area contributed by atoms with E-state index < -0.39 is 4.92 Å². The summed E-state index contributed by atoms with van der Waals surface area (Å²) in [5.74, 6) is 0.628. The highest BCUT2D eigenvalue weighted by Crippen LogP contribution is 2.25. The number of hydrogen-bond donors (Lipinski definition) is 0. The zero-order valence-electron chi connectivity index (χ0n) is 13.2. The van der Waals surface area contributed by atoms with Crippen LogP contribution in [-0.4, -0.2) is 25.1 Å². The molecule has 1 heterocycles. The molecule has 24 heavy (non-hydrogen) atoms. The van der Waals surface area contributed by atoms with Crippen molar-refractivity contribution in [2.45, 2.75) is 24.8 Å². The molecule has 0 spiro atoms. The van der Waals surface area contributed by atoms with Crippen LogP contribution < -0.4 is 0 Å². The van der Waals surface area contributed by atoms with Gasteiger partial charge in [0.1, 0.15) is 0 Å². The number of non-ortho nitro benzene ring substituents is 1. The fraction of sp³-hybridized carbons (Fsp3) is 0.188. The first-order valence-electron chi connectivity index (χ1n) is 7.27. The minimum Gasteiger partial charge on any atom is -0.258 e. The van der Waals surface area contributed by atoms with Crippen LogP contribution in [0.4, 0.5) is 5.69 Å². The maximum absolute atomic E-state index is 10.7. The van der Waals surface area contributed by atoms with Crippen LogP contribution in [0.25, 0.3) is 5.69 Å². The molecule has 0 radical (unpaired) electrons. The van der Waals surface area contributed by atoms with Crippen molar-refractivity contribution < 1.29 is 4.92 Å². The van der Waals surface area contributed by atoms with Crippen LogP contribution in [0.2, 0.25) is 0 Å². The molecule has 0 atom stereocenters. The Morgan fingerprint density at radius 1 is 1.17 bits per heavy atom. The second kappa shape index (κ2) is 6.79. The number of benzene rings is 2. The summed E-state index contributed by atoms with van der Waals surface area (Å²) in [7, 11) is 0. The summed E-state index contributed by atoms with van der Waals surface area (Å²) in [6.45, 7) is 4.04. The van der Waals surface area contributed by atoms with Gasteiger partial charge in [0.05, 0.1) is 10.6 Å².